The third-order valence-corrected chi connectivity index (χ3v) is 2.84. The molecule has 0 saturated carbocycles. The number of carbonyl (C=O) groups excluding carboxylic acids is 1. The van der Waals surface area contributed by atoms with Crippen molar-refractivity contribution in [2.45, 2.75) is 11.7 Å². The van der Waals surface area contributed by atoms with Gasteiger partial charge in [0.1, 0.15) is 6.07 Å². The fraction of sp³-hybridized carbons (Fsp3) is 0.273. The summed E-state index contributed by atoms with van der Waals surface area (Å²) < 4.78 is 13.8. The van der Waals surface area contributed by atoms with Crippen LogP contribution in [0.5, 0.6) is 0 Å². The van der Waals surface area contributed by atoms with Gasteiger partial charge in [-0.1, -0.05) is 6.07 Å². The van der Waals surface area contributed by atoms with Crippen molar-refractivity contribution in [3.63, 3.8) is 0 Å². The van der Waals surface area contributed by atoms with Gasteiger partial charge in [0.25, 0.3) is 0 Å². The Morgan fingerprint density at radius 3 is 2.88 bits per heavy atom. The van der Waals surface area contributed by atoms with E-state index in [1.165, 1.54) is 17.0 Å². The summed E-state index contributed by atoms with van der Waals surface area (Å²) in [6, 6.07) is 6.21. The van der Waals surface area contributed by atoms with Crippen LogP contribution in [0.1, 0.15) is 12.0 Å². The minimum atomic E-state index is -0.638. The Labute approximate surface area is 97.9 Å². The molecule has 1 unspecified atom stereocenters. The van der Waals surface area contributed by atoms with Gasteiger partial charge in [0.05, 0.1) is 11.3 Å². The molecular weight excluding hydrogens is 227 g/mol. The first-order valence-electron chi connectivity index (χ1n) is 4.80. The fourth-order valence-corrected chi connectivity index (χ4v) is 2.06. The molecule has 0 aromatic heterocycles. The Bertz CT molecular complexity index is 483. The van der Waals surface area contributed by atoms with Gasteiger partial charge in [-0.15, -0.1) is 0 Å². The first-order valence-corrected chi connectivity index (χ1v) is 5.32. The van der Waals surface area contributed by atoms with Crippen LogP contribution in [0.2, 0.25) is 0 Å². The highest BCUT2D eigenvalue weighted by Crippen LogP contribution is 2.27. The highest BCUT2D eigenvalue weighted by molar-refractivity contribution is 7.81. The van der Waals surface area contributed by atoms with Crippen LogP contribution in [0.25, 0.3) is 0 Å². The number of nitriles is 1. The van der Waals surface area contributed by atoms with Crippen molar-refractivity contribution in [3.8, 4) is 6.07 Å². The third kappa shape index (κ3) is 1.76. The van der Waals surface area contributed by atoms with Crippen LogP contribution < -0.4 is 4.90 Å². The number of halogens is 1. The summed E-state index contributed by atoms with van der Waals surface area (Å²) >= 11 is 4.19. The van der Waals surface area contributed by atoms with Gasteiger partial charge in [-0.05, 0) is 12.1 Å². The molecule has 1 aliphatic heterocycles. The molecule has 0 spiro atoms. The maximum absolute atomic E-state index is 13.8. The van der Waals surface area contributed by atoms with Gasteiger partial charge >= 0.3 is 0 Å². The SMILES string of the molecule is N#Cc1cccc(N2CC(S)CC2=O)c1F. The number of benzene rings is 1. The van der Waals surface area contributed by atoms with E-state index in [0.717, 1.165) is 0 Å². The van der Waals surface area contributed by atoms with Crippen molar-refractivity contribution in [1.82, 2.24) is 0 Å². The monoisotopic (exact) mass is 236 g/mol. The number of anilines is 1. The first kappa shape index (κ1) is 11.0. The molecule has 1 heterocycles. The molecule has 2 rings (SSSR count). The second kappa shape index (κ2) is 4.14. The molecule has 16 heavy (non-hydrogen) atoms. The maximum atomic E-state index is 13.8. The van der Waals surface area contributed by atoms with E-state index in [0.29, 0.717) is 13.0 Å². The van der Waals surface area contributed by atoms with Gasteiger partial charge in [0, 0.05) is 18.2 Å². The molecular formula is C11H9FN2OS. The van der Waals surface area contributed by atoms with E-state index in [9.17, 15) is 9.18 Å². The lowest BCUT2D eigenvalue weighted by Crippen LogP contribution is -2.25. The topological polar surface area (TPSA) is 44.1 Å². The van der Waals surface area contributed by atoms with Gasteiger partial charge < -0.3 is 4.90 Å². The van der Waals surface area contributed by atoms with E-state index in [-0.39, 0.29) is 22.4 Å². The van der Waals surface area contributed by atoms with Crippen molar-refractivity contribution in [2.75, 3.05) is 11.4 Å². The van der Waals surface area contributed by atoms with Gasteiger partial charge in [-0.2, -0.15) is 17.9 Å². The molecule has 1 fully saturated rings. The number of hydrogen-bond acceptors (Lipinski definition) is 3. The van der Waals surface area contributed by atoms with Crippen molar-refractivity contribution in [3.05, 3.63) is 29.6 Å². The quantitative estimate of drug-likeness (QED) is 0.755. The predicted octanol–water partition coefficient (Wildman–Crippen LogP) is 1.73. The molecule has 0 N–H and O–H groups in total. The van der Waals surface area contributed by atoms with E-state index in [1.807, 2.05) is 0 Å². The largest absolute Gasteiger partial charge is 0.308 e. The Morgan fingerprint density at radius 2 is 2.31 bits per heavy atom. The summed E-state index contributed by atoms with van der Waals surface area (Å²) in [5, 5.41) is 8.62. The summed E-state index contributed by atoms with van der Waals surface area (Å²) in [7, 11) is 0. The minimum Gasteiger partial charge on any atom is -0.308 e. The predicted molar refractivity (Wildman–Crippen MR) is 60.9 cm³/mol. The fourth-order valence-electron chi connectivity index (χ4n) is 1.74. The van der Waals surface area contributed by atoms with E-state index in [2.05, 4.69) is 12.6 Å². The molecule has 82 valence electrons. The van der Waals surface area contributed by atoms with Crippen molar-refractivity contribution < 1.29 is 9.18 Å². The Balaban J connectivity index is 2.42. The third-order valence-electron chi connectivity index (χ3n) is 2.49. The lowest BCUT2D eigenvalue weighted by Gasteiger charge is -2.16. The highest BCUT2D eigenvalue weighted by Gasteiger charge is 2.30. The van der Waals surface area contributed by atoms with Crippen LogP contribution in [0, 0.1) is 17.1 Å². The molecule has 1 saturated heterocycles. The zero-order valence-electron chi connectivity index (χ0n) is 8.35. The highest BCUT2D eigenvalue weighted by atomic mass is 32.1. The van der Waals surface area contributed by atoms with Crippen LogP contribution in [0.4, 0.5) is 10.1 Å². The molecule has 0 aliphatic carbocycles. The van der Waals surface area contributed by atoms with Crippen LogP contribution in [0.3, 0.4) is 0 Å². The molecule has 5 heteroatoms. The average molecular weight is 236 g/mol. The number of thiol groups is 1. The molecule has 0 bridgehead atoms. The number of rotatable bonds is 1. The summed E-state index contributed by atoms with van der Waals surface area (Å²) in [5.41, 5.74) is 0.119. The minimum absolute atomic E-state index is 0.0482. The average Bonchev–Trinajstić information content (AvgIpc) is 2.58. The van der Waals surface area contributed by atoms with Gasteiger partial charge in [0.15, 0.2) is 5.82 Å². The second-order valence-corrected chi connectivity index (χ2v) is 4.34. The number of hydrogen-bond donors (Lipinski definition) is 1. The summed E-state index contributed by atoms with van der Waals surface area (Å²) in [6.45, 7) is 0.383. The van der Waals surface area contributed by atoms with Gasteiger partial charge in [-0.25, -0.2) is 4.39 Å². The van der Waals surface area contributed by atoms with Gasteiger partial charge in [0.2, 0.25) is 5.91 Å². The Hall–Kier alpha value is -1.54. The molecule has 1 amide bonds. The van der Waals surface area contributed by atoms with Crippen LogP contribution in [0.15, 0.2) is 18.2 Å². The number of nitrogens with zero attached hydrogens (tertiary/aromatic N) is 2. The van der Waals surface area contributed by atoms with Crippen molar-refractivity contribution in [1.29, 1.82) is 5.26 Å². The standard InChI is InChI=1S/C11H9FN2OS/c12-11-7(5-13)2-1-3-9(11)14-6-8(16)4-10(14)15/h1-3,8,16H,4,6H2. The zero-order valence-corrected chi connectivity index (χ0v) is 9.25. The van der Waals surface area contributed by atoms with Crippen molar-refractivity contribution in [2.24, 2.45) is 0 Å². The van der Waals surface area contributed by atoms with Gasteiger partial charge in [-0.3, -0.25) is 4.79 Å². The Morgan fingerprint density at radius 1 is 1.56 bits per heavy atom. The van der Waals surface area contributed by atoms with E-state index < -0.39 is 5.82 Å². The van der Waals surface area contributed by atoms with Crippen LogP contribution >= 0.6 is 12.6 Å². The number of carbonyl (C=O) groups is 1. The van der Waals surface area contributed by atoms with E-state index >= 15 is 0 Å². The normalized spacial score (nSPS) is 19.9. The van der Waals surface area contributed by atoms with E-state index in [4.69, 9.17) is 5.26 Å². The summed E-state index contributed by atoms with van der Waals surface area (Å²) in [5.74, 6) is -0.797. The summed E-state index contributed by atoms with van der Waals surface area (Å²) in [6.07, 6.45) is 0.305. The lowest BCUT2D eigenvalue weighted by atomic mass is 10.2. The van der Waals surface area contributed by atoms with Crippen LogP contribution in [-0.4, -0.2) is 17.7 Å². The first-order chi connectivity index (χ1) is 7.63. The Kier molecular flexibility index (Phi) is 2.84. The number of amides is 1. The summed E-state index contributed by atoms with van der Waals surface area (Å²) in [4.78, 5) is 12.9. The zero-order chi connectivity index (χ0) is 11.7. The molecule has 1 atom stereocenters. The molecule has 3 nitrogen and oxygen atoms in total. The molecule has 0 radical (unpaired) electrons. The molecule has 1 aromatic carbocycles. The molecule has 1 aliphatic rings. The smallest absolute Gasteiger partial charge is 0.228 e. The second-order valence-electron chi connectivity index (χ2n) is 3.61. The van der Waals surface area contributed by atoms with Crippen molar-refractivity contribution >= 4 is 24.2 Å². The van der Waals surface area contributed by atoms with E-state index in [1.54, 1.807) is 12.1 Å². The maximum Gasteiger partial charge on any atom is 0.228 e. The van der Waals surface area contributed by atoms with Crippen LogP contribution in [-0.2, 0) is 4.79 Å². The molecule has 1 aromatic rings. The lowest BCUT2D eigenvalue weighted by molar-refractivity contribution is -0.117.